The number of hydrogen-bond acceptors (Lipinski definition) is 6. The van der Waals surface area contributed by atoms with E-state index in [9.17, 15) is 9.59 Å². The highest BCUT2D eigenvalue weighted by Crippen LogP contribution is 2.34. The molecule has 7 nitrogen and oxygen atoms in total. The van der Waals surface area contributed by atoms with Crippen molar-refractivity contribution in [3.05, 3.63) is 54.2 Å². The Balaban J connectivity index is 1.86. The molecule has 7 heteroatoms. The molecular formula is C20H20N2O5. The lowest BCUT2D eigenvalue weighted by Crippen LogP contribution is -2.34. The lowest BCUT2D eigenvalue weighted by Gasteiger charge is -2.14. The number of benzene rings is 2. The smallest absolute Gasteiger partial charge is 0.277 e. The van der Waals surface area contributed by atoms with Crippen LogP contribution in [0.25, 0.3) is 11.1 Å². The first-order valence-electron chi connectivity index (χ1n) is 8.35. The van der Waals surface area contributed by atoms with Gasteiger partial charge in [0.1, 0.15) is 17.2 Å². The molecule has 0 bridgehead atoms. The summed E-state index contributed by atoms with van der Waals surface area (Å²) in [6.45, 7) is -0.298. The molecule has 0 unspecified atom stereocenters. The summed E-state index contributed by atoms with van der Waals surface area (Å²) in [5, 5.41) is 12.0. The van der Waals surface area contributed by atoms with Crippen LogP contribution in [0.3, 0.4) is 0 Å². The van der Waals surface area contributed by atoms with Crippen molar-refractivity contribution >= 4 is 17.5 Å². The number of rotatable bonds is 7. The van der Waals surface area contributed by atoms with Gasteiger partial charge >= 0.3 is 0 Å². The molecule has 27 heavy (non-hydrogen) atoms. The lowest BCUT2D eigenvalue weighted by atomic mass is 10.0. The van der Waals surface area contributed by atoms with Gasteiger partial charge in [-0.3, -0.25) is 14.5 Å². The molecule has 0 spiro atoms. The Hall–Kier alpha value is -3.32. The van der Waals surface area contributed by atoms with Crippen molar-refractivity contribution in [2.45, 2.75) is 0 Å². The predicted molar refractivity (Wildman–Crippen MR) is 100 cm³/mol. The highest BCUT2D eigenvalue weighted by molar-refractivity contribution is 6.17. The number of amides is 2. The van der Waals surface area contributed by atoms with E-state index in [4.69, 9.17) is 14.6 Å². The van der Waals surface area contributed by atoms with Crippen molar-refractivity contribution < 1.29 is 24.2 Å². The number of β-amino-alcohol motifs (C(OH)–C–C–N with tert-alkyl or cyclic N) is 1. The van der Waals surface area contributed by atoms with Crippen molar-refractivity contribution in [3.8, 4) is 22.6 Å². The van der Waals surface area contributed by atoms with E-state index in [2.05, 4.69) is 5.32 Å². The molecular weight excluding hydrogens is 348 g/mol. The zero-order chi connectivity index (χ0) is 19.4. The number of anilines is 1. The van der Waals surface area contributed by atoms with Gasteiger partial charge in [0.15, 0.2) is 0 Å². The fourth-order valence-corrected chi connectivity index (χ4v) is 2.87. The first-order chi connectivity index (χ1) is 13.1. The Bertz CT molecular complexity index is 907. The Labute approximate surface area is 156 Å². The van der Waals surface area contributed by atoms with E-state index in [-0.39, 0.29) is 18.8 Å². The van der Waals surface area contributed by atoms with Gasteiger partial charge in [-0.2, -0.15) is 0 Å². The first kappa shape index (κ1) is 18.5. The standard InChI is InChI=1S/C20H20N2O5/c1-26-15-6-7-16(18(11-15)27-2)13-4-3-5-14(10-13)21-17-12-19(24)22(8-9-23)20(17)25/h3-7,10-12,21,23H,8-9H2,1-2H3. The van der Waals surface area contributed by atoms with Gasteiger partial charge in [-0.15, -0.1) is 0 Å². The van der Waals surface area contributed by atoms with Gasteiger partial charge < -0.3 is 19.9 Å². The summed E-state index contributed by atoms with van der Waals surface area (Å²) >= 11 is 0. The molecule has 0 atom stereocenters. The topological polar surface area (TPSA) is 88.1 Å². The maximum Gasteiger partial charge on any atom is 0.277 e. The third-order valence-corrected chi connectivity index (χ3v) is 4.19. The SMILES string of the molecule is COc1ccc(-c2cccc(NC3=CC(=O)N(CCO)C3=O)c2)c(OC)c1. The van der Waals surface area contributed by atoms with E-state index in [1.807, 2.05) is 30.3 Å². The molecule has 1 aliphatic heterocycles. The normalized spacial score (nSPS) is 13.6. The summed E-state index contributed by atoms with van der Waals surface area (Å²) in [4.78, 5) is 25.1. The predicted octanol–water partition coefficient (Wildman–Crippen LogP) is 2.03. The third-order valence-electron chi connectivity index (χ3n) is 4.19. The van der Waals surface area contributed by atoms with Crippen LogP contribution in [0.4, 0.5) is 5.69 Å². The Morgan fingerprint density at radius 3 is 2.59 bits per heavy atom. The summed E-state index contributed by atoms with van der Waals surface area (Å²) in [6.07, 6.45) is 1.23. The molecule has 0 aromatic heterocycles. The molecule has 140 valence electrons. The van der Waals surface area contributed by atoms with Gasteiger partial charge in [0.25, 0.3) is 11.8 Å². The number of methoxy groups -OCH3 is 2. The summed E-state index contributed by atoms with van der Waals surface area (Å²) in [5.41, 5.74) is 2.58. The second-order valence-electron chi connectivity index (χ2n) is 5.85. The lowest BCUT2D eigenvalue weighted by molar-refractivity contribution is -0.137. The van der Waals surface area contributed by atoms with Gasteiger partial charge in [0, 0.05) is 23.4 Å². The number of imide groups is 1. The number of hydrogen-bond donors (Lipinski definition) is 2. The molecule has 2 amide bonds. The monoisotopic (exact) mass is 368 g/mol. The van der Waals surface area contributed by atoms with Crippen molar-refractivity contribution in [3.63, 3.8) is 0 Å². The van der Waals surface area contributed by atoms with Crippen LogP contribution in [0, 0.1) is 0 Å². The largest absolute Gasteiger partial charge is 0.497 e. The molecule has 0 aliphatic carbocycles. The molecule has 2 aromatic carbocycles. The molecule has 2 aromatic rings. The van der Waals surface area contributed by atoms with Crippen LogP contribution in [0.15, 0.2) is 54.2 Å². The number of carbonyl (C=O) groups excluding carboxylic acids is 2. The fraction of sp³-hybridized carbons (Fsp3) is 0.200. The van der Waals surface area contributed by atoms with E-state index in [0.29, 0.717) is 17.2 Å². The number of ether oxygens (including phenoxy) is 2. The second-order valence-corrected chi connectivity index (χ2v) is 5.85. The summed E-state index contributed by atoms with van der Waals surface area (Å²) in [5.74, 6) is 0.451. The zero-order valence-electron chi connectivity index (χ0n) is 15.1. The number of nitrogens with one attached hydrogen (secondary N) is 1. The second kappa shape index (κ2) is 7.92. The average Bonchev–Trinajstić information content (AvgIpc) is 2.95. The minimum atomic E-state index is -0.457. The summed E-state index contributed by atoms with van der Waals surface area (Å²) in [7, 11) is 3.18. The number of aliphatic hydroxyl groups excluding tert-OH is 1. The minimum Gasteiger partial charge on any atom is -0.497 e. The number of aliphatic hydroxyl groups is 1. The highest BCUT2D eigenvalue weighted by Gasteiger charge is 2.30. The van der Waals surface area contributed by atoms with Crippen LogP contribution < -0.4 is 14.8 Å². The van der Waals surface area contributed by atoms with Crippen molar-refractivity contribution in [2.75, 3.05) is 32.7 Å². The highest BCUT2D eigenvalue weighted by atomic mass is 16.5. The minimum absolute atomic E-state index is 0.0254. The van der Waals surface area contributed by atoms with E-state index >= 15 is 0 Å². The van der Waals surface area contributed by atoms with Crippen LogP contribution in [0.1, 0.15) is 0 Å². The quantitative estimate of drug-likeness (QED) is 0.727. The maximum atomic E-state index is 12.3. The van der Waals surface area contributed by atoms with Crippen molar-refractivity contribution in [1.82, 2.24) is 4.90 Å². The Morgan fingerprint density at radius 2 is 1.89 bits per heavy atom. The summed E-state index contributed by atoms with van der Waals surface area (Å²) in [6, 6.07) is 12.9. The molecule has 3 rings (SSSR count). The zero-order valence-corrected chi connectivity index (χ0v) is 15.1. The van der Waals surface area contributed by atoms with Crippen LogP contribution in [-0.4, -0.2) is 49.2 Å². The van der Waals surface area contributed by atoms with E-state index in [1.165, 1.54) is 6.08 Å². The molecule has 1 aliphatic rings. The van der Waals surface area contributed by atoms with Gasteiger partial charge in [-0.05, 0) is 29.8 Å². The van der Waals surface area contributed by atoms with E-state index in [1.54, 1.807) is 26.4 Å². The van der Waals surface area contributed by atoms with Crippen molar-refractivity contribution in [1.29, 1.82) is 0 Å². The molecule has 2 N–H and O–H groups in total. The van der Waals surface area contributed by atoms with Gasteiger partial charge in [0.2, 0.25) is 0 Å². The molecule has 0 fully saturated rings. The van der Waals surface area contributed by atoms with E-state index < -0.39 is 11.8 Å². The number of carbonyl (C=O) groups is 2. The van der Waals surface area contributed by atoms with Crippen LogP contribution >= 0.6 is 0 Å². The Kier molecular flexibility index (Phi) is 5.42. The molecule has 0 radical (unpaired) electrons. The summed E-state index contributed by atoms with van der Waals surface area (Å²) < 4.78 is 10.7. The van der Waals surface area contributed by atoms with Gasteiger partial charge in [0.05, 0.1) is 27.4 Å². The van der Waals surface area contributed by atoms with Crippen LogP contribution in [-0.2, 0) is 9.59 Å². The van der Waals surface area contributed by atoms with Gasteiger partial charge in [-0.1, -0.05) is 12.1 Å². The molecule has 0 saturated heterocycles. The van der Waals surface area contributed by atoms with Crippen molar-refractivity contribution in [2.24, 2.45) is 0 Å². The molecule has 1 heterocycles. The Morgan fingerprint density at radius 1 is 1.07 bits per heavy atom. The number of nitrogens with zero attached hydrogens (tertiary/aromatic N) is 1. The third kappa shape index (κ3) is 3.78. The average molecular weight is 368 g/mol. The maximum absolute atomic E-state index is 12.3. The van der Waals surface area contributed by atoms with E-state index in [0.717, 1.165) is 16.0 Å². The van der Waals surface area contributed by atoms with Crippen LogP contribution in [0.5, 0.6) is 11.5 Å². The first-order valence-corrected chi connectivity index (χ1v) is 8.35. The van der Waals surface area contributed by atoms with Crippen LogP contribution in [0.2, 0.25) is 0 Å². The van der Waals surface area contributed by atoms with Gasteiger partial charge in [-0.25, -0.2) is 0 Å². The fourth-order valence-electron chi connectivity index (χ4n) is 2.87. The molecule has 0 saturated carbocycles.